The Morgan fingerprint density at radius 1 is 1.41 bits per heavy atom. The standard InChI is InChI=1S/C14H27N3/c1-6-17-8-7-16-13(17)12(15)9-11(2)10-14(3,4)5/h7-8,11-12H,6,9-10,15H2,1-5H3. The van der Waals surface area contributed by atoms with Gasteiger partial charge < -0.3 is 10.3 Å². The van der Waals surface area contributed by atoms with E-state index in [-0.39, 0.29) is 6.04 Å². The molecular weight excluding hydrogens is 210 g/mol. The van der Waals surface area contributed by atoms with Crippen LogP contribution < -0.4 is 5.73 Å². The fourth-order valence-corrected chi connectivity index (χ4v) is 2.58. The first-order valence-electron chi connectivity index (χ1n) is 6.60. The van der Waals surface area contributed by atoms with E-state index in [4.69, 9.17) is 5.73 Å². The molecule has 0 saturated carbocycles. The summed E-state index contributed by atoms with van der Waals surface area (Å²) in [6, 6.07) is 0.0577. The zero-order valence-corrected chi connectivity index (χ0v) is 11.9. The highest BCUT2D eigenvalue weighted by atomic mass is 15.1. The van der Waals surface area contributed by atoms with E-state index in [2.05, 4.69) is 44.2 Å². The highest BCUT2D eigenvalue weighted by Crippen LogP contribution is 2.29. The Morgan fingerprint density at radius 3 is 2.59 bits per heavy atom. The molecule has 98 valence electrons. The Bertz CT molecular complexity index is 335. The Morgan fingerprint density at radius 2 is 2.06 bits per heavy atom. The zero-order chi connectivity index (χ0) is 13.1. The van der Waals surface area contributed by atoms with Crippen molar-refractivity contribution < 1.29 is 0 Å². The average Bonchev–Trinajstić information content (AvgIpc) is 2.61. The summed E-state index contributed by atoms with van der Waals surface area (Å²) in [5.74, 6) is 1.65. The van der Waals surface area contributed by atoms with Crippen molar-refractivity contribution in [3.8, 4) is 0 Å². The van der Waals surface area contributed by atoms with Crippen LogP contribution in [0.2, 0.25) is 0 Å². The van der Waals surface area contributed by atoms with Gasteiger partial charge in [0.15, 0.2) is 0 Å². The molecule has 1 heterocycles. The molecule has 1 aromatic rings. The lowest BCUT2D eigenvalue weighted by atomic mass is 9.83. The first kappa shape index (κ1) is 14.2. The van der Waals surface area contributed by atoms with Crippen LogP contribution in [0.1, 0.15) is 59.3 Å². The Labute approximate surface area is 105 Å². The molecule has 3 nitrogen and oxygen atoms in total. The number of nitrogens with two attached hydrogens (primary N) is 1. The van der Waals surface area contributed by atoms with Gasteiger partial charge in [0.05, 0.1) is 6.04 Å². The number of imidazole rings is 1. The summed E-state index contributed by atoms with van der Waals surface area (Å²) in [5, 5.41) is 0. The van der Waals surface area contributed by atoms with Crippen LogP contribution in [-0.4, -0.2) is 9.55 Å². The van der Waals surface area contributed by atoms with Crippen LogP contribution in [0.25, 0.3) is 0 Å². The SMILES string of the molecule is CCn1ccnc1C(N)CC(C)CC(C)(C)C. The maximum atomic E-state index is 6.25. The van der Waals surface area contributed by atoms with Crippen LogP contribution in [0.3, 0.4) is 0 Å². The summed E-state index contributed by atoms with van der Waals surface area (Å²) in [4.78, 5) is 4.37. The summed E-state index contributed by atoms with van der Waals surface area (Å²) in [7, 11) is 0. The van der Waals surface area contributed by atoms with Crippen LogP contribution in [0.15, 0.2) is 12.4 Å². The molecule has 17 heavy (non-hydrogen) atoms. The summed E-state index contributed by atoms with van der Waals surface area (Å²) in [6.45, 7) is 12.2. The minimum Gasteiger partial charge on any atom is -0.334 e. The molecule has 2 N–H and O–H groups in total. The molecule has 0 radical (unpaired) electrons. The fourth-order valence-electron chi connectivity index (χ4n) is 2.58. The molecule has 1 aromatic heterocycles. The average molecular weight is 237 g/mol. The number of aromatic nitrogens is 2. The Hall–Kier alpha value is -0.830. The van der Waals surface area contributed by atoms with Gasteiger partial charge in [0.1, 0.15) is 5.82 Å². The third-order valence-corrected chi connectivity index (χ3v) is 3.04. The number of aryl methyl sites for hydroxylation is 1. The quantitative estimate of drug-likeness (QED) is 0.853. The molecule has 0 spiro atoms. The first-order chi connectivity index (χ1) is 7.83. The van der Waals surface area contributed by atoms with Gasteiger partial charge in [-0.3, -0.25) is 0 Å². The van der Waals surface area contributed by atoms with Gasteiger partial charge in [-0.1, -0.05) is 27.7 Å². The Balaban J connectivity index is 2.57. The number of hydrogen-bond donors (Lipinski definition) is 1. The smallest absolute Gasteiger partial charge is 0.125 e. The molecule has 0 aromatic carbocycles. The predicted octanol–water partition coefficient (Wildman–Crippen LogP) is 3.37. The lowest BCUT2D eigenvalue weighted by Crippen LogP contribution is -2.21. The van der Waals surface area contributed by atoms with E-state index >= 15 is 0 Å². The molecule has 3 heteroatoms. The van der Waals surface area contributed by atoms with Crippen molar-refractivity contribution in [2.24, 2.45) is 17.1 Å². The second kappa shape index (κ2) is 5.67. The molecule has 0 aliphatic rings. The minimum atomic E-state index is 0.0577. The lowest BCUT2D eigenvalue weighted by Gasteiger charge is -2.25. The monoisotopic (exact) mass is 237 g/mol. The van der Waals surface area contributed by atoms with E-state index in [0.717, 1.165) is 18.8 Å². The van der Waals surface area contributed by atoms with Crippen molar-refractivity contribution in [3.05, 3.63) is 18.2 Å². The van der Waals surface area contributed by atoms with E-state index in [1.54, 1.807) is 0 Å². The number of rotatable bonds is 5. The van der Waals surface area contributed by atoms with E-state index < -0.39 is 0 Å². The van der Waals surface area contributed by atoms with Gasteiger partial charge in [0.2, 0.25) is 0 Å². The van der Waals surface area contributed by atoms with Crippen molar-refractivity contribution in [1.29, 1.82) is 0 Å². The van der Waals surface area contributed by atoms with Crippen LogP contribution >= 0.6 is 0 Å². The number of nitrogens with zero attached hydrogens (tertiary/aromatic N) is 2. The van der Waals surface area contributed by atoms with Crippen molar-refractivity contribution in [3.63, 3.8) is 0 Å². The van der Waals surface area contributed by atoms with Gasteiger partial charge in [-0.05, 0) is 31.1 Å². The highest BCUT2D eigenvalue weighted by Gasteiger charge is 2.20. The van der Waals surface area contributed by atoms with Crippen LogP contribution in [0.5, 0.6) is 0 Å². The van der Waals surface area contributed by atoms with Crippen molar-refractivity contribution in [2.75, 3.05) is 0 Å². The normalized spacial score (nSPS) is 15.9. The molecule has 0 aliphatic heterocycles. The van der Waals surface area contributed by atoms with E-state index in [9.17, 15) is 0 Å². The largest absolute Gasteiger partial charge is 0.334 e. The molecule has 2 unspecified atom stereocenters. The molecule has 0 amide bonds. The topological polar surface area (TPSA) is 43.8 Å². The molecule has 2 atom stereocenters. The van der Waals surface area contributed by atoms with E-state index in [1.165, 1.54) is 6.42 Å². The number of hydrogen-bond acceptors (Lipinski definition) is 2. The predicted molar refractivity (Wildman–Crippen MR) is 72.7 cm³/mol. The summed E-state index contributed by atoms with van der Waals surface area (Å²) >= 11 is 0. The van der Waals surface area contributed by atoms with Gasteiger partial charge in [-0.25, -0.2) is 4.98 Å². The molecule has 0 saturated heterocycles. The second-order valence-electron chi connectivity index (χ2n) is 6.28. The van der Waals surface area contributed by atoms with Gasteiger partial charge in [0, 0.05) is 18.9 Å². The first-order valence-corrected chi connectivity index (χ1v) is 6.60. The van der Waals surface area contributed by atoms with Crippen LogP contribution in [0.4, 0.5) is 0 Å². The summed E-state index contributed by atoms with van der Waals surface area (Å²) in [5.41, 5.74) is 6.63. The van der Waals surface area contributed by atoms with Crippen LogP contribution in [0, 0.1) is 11.3 Å². The minimum absolute atomic E-state index is 0.0577. The van der Waals surface area contributed by atoms with Crippen LogP contribution in [-0.2, 0) is 6.54 Å². The molecule has 1 rings (SSSR count). The fraction of sp³-hybridized carbons (Fsp3) is 0.786. The molecule has 0 bridgehead atoms. The van der Waals surface area contributed by atoms with Gasteiger partial charge >= 0.3 is 0 Å². The van der Waals surface area contributed by atoms with E-state index in [0.29, 0.717) is 11.3 Å². The van der Waals surface area contributed by atoms with Crippen molar-refractivity contribution in [2.45, 2.75) is 60.0 Å². The molecule has 0 aliphatic carbocycles. The second-order valence-corrected chi connectivity index (χ2v) is 6.28. The summed E-state index contributed by atoms with van der Waals surface area (Å²) in [6.07, 6.45) is 6.05. The lowest BCUT2D eigenvalue weighted by molar-refractivity contribution is 0.283. The van der Waals surface area contributed by atoms with Crippen molar-refractivity contribution >= 4 is 0 Å². The highest BCUT2D eigenvalue weighted by molar-refractivity contribution is 4.98. The maximum absolute atomic E-state index is 6.25. The maximum Gasteiger partial charge on any atom is 0.125 e. The zero-order valence-electron chi connectivity index (χ0n) is 11.9. The Kier molecular flexibility index (Phi) is 4.75. The summed E-state index contributed by atoms with van der Waals surface area (Å²) < 4.78 is 2.13. The molecule has 0 fully saturated rings. The van der Waals surface area contributed by atoms with Crippen molar-refractivity contribution in [1.82, 2.24) is 9.55 Å². The van der Waals surface area contributed by atoms with Gasteiger partial charge in [-0.15, -0.1) is 0 Å². The van der Waals surface area contributed by atoms with E-state index in [1.807, 2.05) is 12.4 Å². The third kappa shape index (κ3) is 4.50. The van der Waals surface area contributed by atoms with Gasteiger partial charge in [0.25, 0.3) is 0 Å². The third-order valence-electron chi connectivity index (χ3n) is 3.04. The van der Waals surface area contributed by atoms with Gasteiger partial charge in [-0.2, -0.15) is 0 Å². The molecular formula is C14H27N3.